The molecule has 0 radical (unpaired) electrons. The van der Waals surface area contributed by atoms with Crippen LogP contribution in [0.25, 0.3) is 0 Å². The lowest BCUT2D eigenvalue weighted by molar-refractivity contribution is -0.121. The van der Waals surface area contributed by atoms with Gasteiger partial charge in [-0.15, -0.1) is 0 Å². The minimum atomic E-state index is 0.135. The number of hydrogen-bond donors (Lipinski definition) is 2. The van der Waals surface area contributed by atoms with Gasteiger partial charge in [0.2, 0.25) is 5.91 Å². The van der Waals surface area contributed by atoms with Crippen LogP contribution in [0.2, 0.25) is 0 Å². The molecule has 3 nitrogen and oxygen atoms in total. The van der Waals surface area contributed by atoms with Crippen molar-refractivity contribution in [2.75, 3.05) is 13.6 Å². The zero-order chi connectivity index (χ0) is 11.4. The first-order chi connectivity index (χ1) is 7.81. The number of nitrogens with one attached hydrogen (secondary N) is 2. The van der Waals surface area contributed by atoms with Gasteiger partial charge < -0.3 is 10.6 Å². The summed E-state index contributed by atoms with van der Waals surface area (Å²) in [6.45, 7) is 0.736. The van der Waals surface area contributed by atoms with E-state index in [1.807, 2.05) is 13.1 Å². The van der Waals surface area contributed by atoms with Gasteiger partial charge in [0.1, 0.15) is 0 Å². The van der Waals surface area contributed by atoms with Crippen molar-refractivity contribution >= 4 is 5.91 Å². The van der Waals surface area contributed by atoms with E-state index in [0.717, 1.165) is 19.4 Å². The molecule has 1 aromatic rings. The van der Waals surface area contributed by atoms with Crippen LogP contribution in [0, 0.1) is 0 Å². The first kappa shape index (κ1) is 11.1. The third-order valence-corrected chi connectivity index (χ3v) is 3.07. The summed E-state index contributed by atoms with van der Waals surface area (Å²) in [5.41, 5.74) is 2.67. The zero-order valence-electron chi connectivity index (χ0n) is 9.62. The number of carbonyl (C=O) groups is 1. The SMILES string of the molecule is CNCCC(=O)NC1CCc2ccccc21. The molecule has 2 N–H and O–H groups in total. The highest BCUT2D eigenvalue weighted by molar-refractivity contribution is 5.76. The fraction of sp³-hybridized carbons (Fsp3) is 0.462. The van der Waals surface area contributed by atoms with Crippen molar-refractivity contribution in [1.29, 1.82) is 0 Å². The van der Waals surface area contributed by atoms with E-state index in [1.54, 1.807) is 0 Å². The maximum absolute atomic E-state index is 11.6. The van der Waals surface area contributed by atoms with E-state index in [2.05, 4.69) is 28.8 Å². The van der Waals surface area contributed by atoms with Crippen LogP contribution in [-0.2, 0) is 11.2 Å². The largest absolute Gasteiger partial charge is 0.349 e. The molecule has 1 unspecified atom stereocenters. The molecule has 1 amide bonds. The summed E-state index contributed by atoms with van der Waals surface area (Å²) in [6, 6.07) is 8.59. The lowest BCUT2D eigenvalue weighted by atomic mass is 10.1. The standard InChI is InChI=1S/C13H18N2O/c1-14-9-8-13(16)15-12-7-6-10-4-2-3-5-11(10)12/h2-5,12,14H,6-9H2,1H3,(H,15,16). The summed E-state index contributed by atoms with van der Waals surface area (Å²) < 4.78 is 0. The Kier molecular flexibility index (Phi) is 3.57. The van der Waals surface area contributed by atoms with Crippen LogP contribution in [0.15, 0.2) is 24.3 Å². The van der Waals surface area contributed by atoms with Crippen molar-refractivity contribution in [3.63, 3.8) is 0 Å². The third-order valence-electron chi connectivity index (χ3n) is 3.07. The molecule has 1 aromatic carbocycles. The quantitative estimate of drug-likeness (QED) is 0.802. The van der Waals surface area contributed by atoms with E-state index in [1.165, 1.54) is 11.1 Å². The average Bonchev–Trinajstić information content (AvgIpc) is 2.70. The number of fused-ring (bicyclic) bond motifs is 1. The molecule has 1 atom stereocenters. The van der Waals surface area contributed by atoms with Crippen molar-refractivity contribution in [2.24, 2.45) is 0 Å². The number of amides is 1. The minimum absolute atomic E-state index is 0.135. The highest BCUT2D eigenvalue weighted by atomic mass is 16.1. The molecular formula is C13H18N2O. The fourth-order valence-corrected chi connectivity index (χ4v) is 2.21. The average molecular weight is 218 g/mol. The molecule has 0 aliphatic heterocycles. The predicted octanol–water partition coefficient (Wildman–Crippen LogP) is 1.40. The van der Waals surface area contributed by atoms with Gasteiger partial charge in [0.05, 0.1) is 6.04 Å². The number of benzene rings is 1. The number of aryl methyl sites for hydroxylation is 1. The van der Waals surface area contributed by atoms with E-state index in [4.69, 9.17) is 0 Å². The topological polar surface area (TPSA) is 41.1 Å². The van der Waals surface area contributed by atoms with Crippen molar-refractivity contribution < 1.29 is 4.79 Å². The third kappa shape index (κ3) is 2.42. The highest BCUT2D eigenvalue weighted by Gasteiger charge is 2.22. The van der Waals surface area contributed by atoms with E-state index in [9.17, 15) is 4.79 Å². The monoisotopic (exact) mass is 218 g/mol. The molecule has 16 heavy (non-hydrogen) atoms. The van der Waals surface area contributed by atoms with Crippen molar-refractivity contribution in [1.82, 2.24) is 10.6 Å². The summed E-state index contributed by atoms with van der Waals surface area (Å²) in [6.07, 6.45) is 2.66. The minimum Gasteiger partial charge on any atom is -0.349 e. The molecule has 0 heterocycles. The van der Waals surface area contributed by atoms with Crippen LogP contribution >= 0.6 is 0 Å². The van der Waals surface area contributed by atoms with Gasteiger partial charge >= 0.3 is 0 Å². The van der Waals surface area contributed by atoms with Crippen molar-refractivity contribution in [3.8, 4) is 0 Å². The number of hydrogen-bond acceptors (Lipinski definition) is 2. The van der Waals surface area contributed by atoms with Gasteiger partial charge in [0.15, 0.2) is 0 Å². The number of carbonyl (C=O) groups excluding carboxylic acids is 1. The Bertz CT molecular complexity index is 376. The van der Waals surface area contributed by atoms with Gasteiger partial charge in [0.25, 0.3) is 0 Å². The van der Waals surface area contributed by atoms with Crippen LogP contribution < -0.4 is 10.6 Å². The Morgan fingerprint density at radius 3 is 3.06 bits per heavy atom. The Morgan fingerprint density at radius 1 is 1.44 bits per heavy atom. The second kappa shape index (κ2) is 5.12. The second-order valence-corrected chi connectivity index (χ2v) is 4.21. The van der Waals surface area contributed by atoms with Crippen LogP contribution in [0.5, 0.6) is 0 Å². The summed E-state index contributed by atoms with van der Waals surface area (Å²) in [5, 5.41) is 6.07. The molecule has 0 aromatic heterocycles. The molecule has 0 spiro atoms. The molecule has 0 bridgehead atoms. The molecule has 3 heteroatoms. The van der Waals surface area contributed by atoms with Gasteiger partial charge in [-0.25, -0.2) is 0 Å². The van der Waals surface area contributed by atoms with E-state index < -0.39 is 0 Å². The van der Waals surface area contributed by atoms with E-state index >= 15 is 0 Å². The molecular weight excluding hydrogens is 200 g/mol. The molecule has 1 aliphatic carbocycles. The fourth-order valence-electron chi connectivity index (χ4n) is 2.21. The van der Waals surface area contributed by atoms with Gasteiger partial charge in [-0.1, -0.05) is 24.3 Å². The Morgan fingerprint density at radius 2 is 2.25 bits per heavy atom. The van der Waals surface area contributed by atoms with Crippen LogP contribution in [0.3, 0.4) is 0 Å². The molecule has 0 saturated carbocycles. The molecule has 0 saturated heterocycles. The van der Waals surface area contributed by atoms with Gasteiger partial charge in [-0.05, 0) is 31.0 Å². The zero-order valence-corrected chi connectivity index (χ0v) is 9.62. The van der Waals surface area contributed by atoms with Gasteiger partial charge in [-0.3, -0.25) is 4.79 Å². The maximum atomic E-state index is 11.6. The van der Waals surface area contributed by atoms with Crippen LogP contribution in [0.1, 0.15) is 30.0 Å². The maximum Gasteiger partial charge on any atom is 0.221 e. The smallest absolute Gasteiger partial charge is 0.221 e. The van der Waals surface area contributed by atoms with Crippen LogP contribution in [-0.4, -0.2) is 19.5 Å². The predicted molar refractivity (Wildman–Crippen MR) is 64.2 cm³/mol. The summed E-state index contributed by atoms with van der Waals surface area (Å²) in [4.78, 5) is 11.6. The first-order valence-electron chi connectivity index (χ1n) is 5.83. The van der Waals surface area contributed by atoms with Crippen molar-refractivity contribution in [2.45, 2.75) is 25.3 Å². The van der Waals surface area contributed by atoms with Crippen LogP contribution in [0.4, 0.5) is 0 Å². The van der Waals surface area contributed by atoms with E-state index in [0.29, 0.717) is 6.42 Å². The molecule has 2 rings (SSSR count). The van der Waals surface area contributed by atoms with Crippen molar-refractivity contribution in [3.05, 3.63) is 35.4 Å². The lowest BCUT2D eigenvalue weighted by Gasteiger charge is -2.13. The Balaban J connectivity index is 1.95. The van der Waals surface area contributed by atoms with E-state index in [-0.39, 0.29) is 11.9 Å². The number of rotatable bonds is 4. The Labute approximate surface area is 96.2 Å². The second-order valence-electron chi connectivity index (χ2n) is 4.21. The normalized spacial score (nSPS) is 18.2. The van der Waals surface area contributed by atoms with Gasteiger partial charge in [0, 0.05) is 13.0 Å². The first-order valence-corrected chi connectivity index (χ1v) is 5.83. The summed E-state index contributed by atoms with van der Waals surface area (Å²) >= 11 is 0. The Hall–Kier alpha value is -1.35. The summed E-state index contributed by atoms with van der Waals surface area (Å²) in [5.74, 6) is 0.135. The highest BCUT2D eigenvalue weighted by Crippen LogP contribution is 2.30. The molecule has 0 fully saturated rings. The molecule has 1 aliphatic rings. The summed E-state index contributed by atoms with van der Waals surface area (Å²) in [7, 11) is 1.86. The van der Waals surface area contributed by atoms with Gasteiger partial charge in [-0.2, -0.15) is 0 Å². The molecule has 86 valence electrons. The lowest BCUT2D eigenvalue weighted by Crippen LogP contribution is -2.29.